The molecular formula is C32H28N4O3. The number of aliphatic hydroxyl groups is 1. The van der Waals surface area contributed by atoms with Crippen LogP contribution in [-0.4, -0.2) is 25.5 Å². The highest BCUT2D eigenvalue weighted by molar-refractivity contribution is 6.20. The van der Waals surface area contributed by atoms with Crippen molar-refractivity contribution in [2.24, 2.45) is 5.73 Å². The van der Waals surface area contributed by atoms with Crippen LogP contribution in [0.3, 0.4) is 0 Å². The Labute approximate surface area is 224 Å². The van der Waals surface area contributed by atoms with E-state index in [0.717, 1.165) is 55.5 Å². The lowest BCUT2D eigenvalue weighted by Crippen LogP contribution is -2.15. The summed E-state index contributed by atoms with van der Waals surface area (Å²) >= 11 is 0. The Morgan fingerprint density at radius 2 is 1.69 bits per heavy atom. The van der Waals surface area contributed by atoms with Crippen molar-refractivity contribution in [3.8, 4) is 28.1 Å². The van der Waals surface area contributed by atoms with Gasteiger partial charge < -0.3 is 20.8 Å². The van der Waals surface area contributed by atoms with E-state index in [1.807, 2.05) is 85.9 Å². The number of nitrogens with one attached hydrogen (secondary N) is 2. The number of amides is 1. The quantitative estimate of drug-likeness (QED) is 0.233. The average molecular weight is 517 g/mol. The molecule has 2 aromatic heterocycles. The number of nitrogens with two attached hydrogens (primary N) is 1. The van der Waals surface area contributed by atoms with Gasteiger partial charge in [0.15, 0.2) is 0 Å². The molecule has 7 nitrogen and oxygen atoms in total. The summed E-state index contributed by atoms with van der Waals surface area (Å²) in [6, 6.07) is 25.0. The molecule has 0 aliphatic heterocycles. The second kappa shape index (κ2) is 8.85. The van der Waals surface area contributed by atoms with Gasteiger partial charge in [0.2, 0.25) is 0 Å². The first-order valence-electron chi connectivity index (χ1n) is 12.7. The number of aromatic nitrogens is 3. The van der Waals surface area contributed by atoms with E-state index in [-0.39, 0.29) is 5.69 Å². The highest BCUT2D eigenvalue weighted by atomic mass is 16.3. The minimum absolute atomic E-state index is 0.227. The molecule has 0 aliphatic rings. The van der Waals surface area contributed by atoms with Gasteiger partial charge in [-0.15, -0.1) is 0 Å². The Kier molecular flexibility index (Phi) is 5.55. The summed E-state index contributed by atoms with van der Waals surface area (Å²) in [4.78, 5) is 31.7. The molecule has 2 heterocycles. The summed E-state index contributed by atoms with van der Waals surface area (Å²) in [7, 11) is 0. The van der Waals surface area contributed by atoms with E-state index in [1.54, 1.807) is 24.5 Å². The molecule has 6 rings (SSSR count). The number of rotatable bonds is 5. The van der Waals surface area contributed by atoms with Gasteiger partial charge in [-0.2, -0.15) is 0 Å². The Balaban J connectivity index is 1.58. The fourth-order valence-electron chi connectivity index (χ4n) is 5.34. The van der Waals surface area contributed by atoms with Crippen LogP contribution in [0.5, 0.6) is 0 Å². The topological polar surface area (TPSA) is 117 Å². The number of carbonyl (C=O) groups excluding carboxylic acids is 1. The molecule has 0 saturated carbocycles. The third-order valence-corrected chi connectivity index (χ3v) is 7.38. The van der Waals surface area contributed by atoms with Crippen molar-refractivity contribution in [2.45, 2.75) is 26.4 Å². The molecule has 6 aromatic rings. The first-order valence-corrected chi connectivity index (χ1v) is 12.7. The van der Waals surface area contributed by atoms with Crippen LogP contribution in [0.4, 0.5) is 0 Å². The monoisotopic (exact) mass is 516 g/mol. The van der Waals surface area contributed by atoms with Crippen LogP contribution in [0.1, 0.15) is 35.3 Å². The minimum atomic E-state index is -1.02. The molecule has 0 atom stereocenters. The van der Waals surface area contributed by atoms with E-state index in [0.29, 0.717) is 11.1 Å². The predicted octanol–water partition coefficient (Wildman–Crippen LogP) is 5.77. The molecule has 7 heteroatoms. The summed E-state index contributed by atoms with van der Waals surface area (Å²) in [6.07, 6.45) is 1.82. The smallest absolute Gasteiger partial charge is 0.330 e. The molecule has 1 amide bonds. The molecule has 0 bridgehead atoms. The Bertz CT molecular complexity index is 1950. The molecule has 0 saturated heterocycles. The largest absolute Gasteiger partial charge is 0.386 e. The van der Waals surface area contributed by atoms with Crippen LogP contribution >= 0.6 is 0 Å². The maximum atomic E-state index is 13.0. The van der Waals surface area contributed by atoms with Gasteiger partial charge in [-0.25, -0.2) is 4.79 Å². The lowest BCUT2D eigenvalue weighted by atomic mass is 9.92. The van der Waals surface area contributed by atoms with E-state index in [1.165, 1.54) is 0 Å². The summed E-state index contributed by atoms with van der Waals surface area (Å²) < 4.78 is 1.63. The van der Waals surface area contributed by atoms with Gasteiger partial charge in [0.1, 0.15) is 0 Å². The molecular weight excluding hydrogens is 488 g/mol. The zero-order chi connectivity index (χ0) is 27.5. The number of hydrogen-bond donors (Lipinski definition) is 4. The van der Waals surface area contributed by atoms with Crippen molar-refractivity contribution in [1.29, 1.82) is 0 Å². The van der Waals surface area contributed by atoms with Gasteiger partial charge >= 0.3 is 5.69 Å². The molecule has 0 radical (unpaired) electrons. The summed E-state index contributed by atoms with van der Waals surface area (Å²) in [5.41, 5.74) is 12.2. The number of primary amides is 1. The molecule has 194 valence electrons. The van der Waals surface area contributed by atoms with Crippen molar-refractivity contribution in [3.63, 3.8) is 0 Å². The summed E-state index contributed by atoms with van der Waals surface area (Å²) in [5, 5.41) is 12.3. The third-order valence-electron chi connectivity index (χ3n) is 7.38. The fourth-order valence-corrected chi connectivity index (χ4v) is 5.34. The van der Waals surface area contributed by atoms with E-state index < -0.39 is 11.5 Å². The van der Waals surface area contributed by atoms with E-state index >= 15 is 0 Å². The number of benzene rings is 4. The standard InChI is InChI=1S/C32H28N4O3/c1-18-21(10-7-11-27(18)36-17-26(35-31(36)38)19-8-5-4-6-9-19)22-14-15-24(30(33)37)29-28(22)23-13-12-20(32(2,3)39)16-25(23)34-29/h4-17,34,39H,1-3H3,(H2,33,37)(H,35,38). The molecule has 0 aliphatic carbocycles. The zero-order valence-electron chi connectivity index (χ0n) is 21.9. The van der Waals surface area contributed by atoms with E-state index in [2.05, 4.69) is 9.97 Å². The zero-order valence-corrected chi connectivity index (χ0v) is 21.9. The van der Waals surface area contributed by atoms with Crippen molar-refractivity contribution in [2.75, 3.05) is 0 Å². The van der Waals surface area contributed by atoms with E-state index in [4.69, 9.17) is 5.73 Å². The van der Waals surface area contributed by atoms with Crippen LogP contribution in [0.15, 0.2) is 89.9 Å². The van der Waals surface area contributed by atoms with Crippen molar-refractivity contribution < 1.29 is 9.90 Å². The van der Waals surface area contributed by atoms with Crippen LogP contribution in [0, 0.1) is 6.92 Å². The molecule has 39 heavy (non-hydrogen) atoms. The van der Waals surface area contributed by atoms with Gasteiger partial charge in [0.05, 0.1) is 28.1 Å². The fraction of sp³-hybridized carbons (Fsp3) is 0.125. The van der Waals surface area contributed by atoms with Crippen LogP contribution in [-0.2, 0) is 5.60 Å². The van der Waals surface area contributed by atoms with Gasteiger partial charge in [-0.3, -0.25) is 9.36 Å². The van der Waals surface area contributed by atoms with E-state index in [9.17, 15) is 14.7 Å². The van der Waals surface area contributed by atoms with Crippen molar-refractivity contribution in [3.05, 3.63) is 112 Å². The minimum Gasteiger partial charge on any atom is -0.386 e. The summed E-state index contributed by atoms with van der Waals surface area (Å²) in [6.45, 7) is 5.46. The Morgan fingerprint density at radius 3 is 2.41 bits per heavy atom. The molecule has 0 unspecified atom stereocenters. The van der Waals surface area contributed by atoms with Crippen LogP contribution in [0.2, 0.25) is 0 Å². The number of fused-ring (bicyclic) bond motifs is 3. The number of hydrogen-bond acceptors (Lipinski definition) is 3. The van der Waals surface area contributed by atoms with Crippen molar-refractivity contribution in [1.82, 2.24) is 14.5 Å². The number of carbonyl (C=O) groups is 1. The summed E-state index contributed by atoms with van der Waals surface area (Å²) in [5.74, 6) is -0.529. The lowest BCUT2D eigenvalue weighted by Gasteiger charge is -2.17. The Morgan fingerprint density at radius 1 is 0.923 bits per heavy atom. The first-order chi connectivity index (χ1) is 18.6. The maximum Gasteiger partial charge on any atom is 0.330 e. The number of imidazole rings is 1. The second-order valence-electron chi connectivity index (χ2n) is 10.4. The van der Waals surface area contributed by atoms with Crippen LogP contribution in [0.25, 0.3) is 49.9 Å². The number of nitrogens with zero attached hydrogens (tertiary/aromatic N) is 1. The molecule has 5 N–H and O–H groups in total. The first kappa shape index (κ1) is 24.5. The van der Waals surface area contributed by atoms with Crippen molar-refractivity contribution >= 4 is 27.7 Å². The normalized spacial score (nSPS) is 11.9. The average Bonchev–Trinajstić information content (AvgIpc) is 3.49. The second-order valence-corrected chi connectivity index (χ2v) is 10.4. The maximum absolute atomic E-state index is 13.0. The Hall–Kier alpha value is -4.88. The third kappa shape index (κ3) is 4.04. The molecule has 0 spiro atoms. The predicted molar refractivity (Wildman–Crippen MR) is 155 cm³/mol. The SMILES string of the molecule is Cc1c(-c2ccc(C(N)=O)c3[nH]c4cc(C(C)(C)O)ccc4c23)cccc1-n1cc(-c2ccccc2)[nH]c1=O. The molecule has 4 aromatic carbocycles. The van der Waals surface area contributed by atoms with Gasteiger partial charge in [-0.05, 0) is 66.8 Å². The highest BCUT2D eigenvalue weighted by Crippen LogP contribution is 2.39. The van der Waals surface area contributed by atoms with Gasteiger partial charge in [0, 0.05) is 22.5 Å². The van der Waals surface area contributed by atoms with Gasteiger partial charge in [0.25, 0.3) is 5.91 Å². The van der Waals surface area contributed by atoms with Crippen LogP contribution < -0.4 is 11.4 Å². The number of aromatic amines is 2. The molecule has 0 fully saturated rings. The lowest BCUT2D eigenvalue weighted by molar-refractivity contribution is 0.0787. The highest BCUT2D eigenvalue weighted by Gasteiger charge is 2.21. The van der Waals surface area contributed by atoms with Gasteiger partial charge in [-0.1, -0.05) is 60.7 Å². The number of H-pyrrole nitrogens is 2.